The van der Waals surface area contributed by atoms with Gasteiger partial charge in [-0.15, -0.1) is 0 Å². The molecule has 2 heterocycles. The second-order valence-corrected chi connectivity index (χ2v) is 7.85. The third-order valence-corrected chi connectivity index (χ3v) is 5.09. The molecule has 148 valence electrons. The highest BCUT2D eigenvalue weighted by Gasteiger charge is 2.23. The molecule has 2 aromatic carbocycles. The highest BCUT2D eigenvalue weighted by Crippen LogP contribution is 2.22. The lowest BCUT2D eigenvalue weighted by molar-refractivity contribution is 0.0728. The Morgan fingerprint density at radius 1 is 1.03 bits per heavy atom. The molecule has 1 aliphatic rings. The van der Waals surface area contributed by atoms with Crippen molar-refractivity contribution in [3.63, 3.8) is 0 Å². The molecule has 0 radical (unpaired) electrons. The van der Waals surface area contributed by atoms with Crippen molar-refractivity contribution >= 4 is 11.7 Å². The highest BCUT2D eigenvalue weighted by atomic mass is 16.2. The predicted molar refractivity (Wildman–Crippen MR) is 116 cm³/mol. The van der Waals surface area contributed by atoms with Crippen LogP contribution in [0.4, 0.5) is 5.82 Å². The van der Waals surface area contributed by atoms with Gasteiger partial charge in [0.05, 0.1) is 0 Å². The molecule has 0 saturated carbocycles. The maximum atomic E-state index is 13.3. The van der Waals surface area contributed by atoms with Crippen molar-refractivity contribution in [3.05, 3.63) is 77.5 Å². The SMILES string of the molecule is CC(C)CNc1cc(C(=O)N2CCc3ccccc3C2)nc(-c2ccccc2)n1. The average molecular weight is 386 g/mol. The van der Waals surface area contributed by atoms with Gasteiger partial charge in [-0.25, -0.2) is 9.97 Å². The van der Waals surface area contributed by atoms with Crippen LogP contribution in [0.3, 0.4) is 0 Å². The minimum absolute atomic E-state index is 0.0494. The van der Waals surface area contributed by atoms with Crippen molar-refractivity contribution in [1.29, 1.82) is 0 Å². The molecule has 0 unspecified atom stereocenters. The first-order valence-electron chi connectivity index (χ1n) is 10.1. The normalized spacial score (nSPS) is 13.3. The first-order chi connectivity index (χ1) is 14.1. The second kappa shape index (κ2) is 8.43. The Kier molecular flexibility index (Phi) is 5.56. The number of rotatable bonds is 5. The summed E-state index contributed by atoms with van der Waals surface area (Å²) in [4.78, 5) is 24.4. The summed E-state index contributed by atoms with van der Waals surface area (Å²) in [6.45, 7) is 6.40. The fraction of sp³-hybridized carbons (Fsp3) is 0.292. The number of hydrogen-bond acceptors (Lipinski definition) is 4. The molecule has 4 rings (SSSR count). The number of amides is 1. The van der Waals surface area contributed by atoms with Crippen LogP contribution in [-0.4, -0.2) is 33.9 Å². The Morgan fingerprint density at radius 2 is 1.76 bits per heavy atom. The van der Waals surface area contributed by atoms with E-state index in [9.17, 15) is 4.79 Å². The fourth-order valence-electron chi connectivity index (χ4n) is 3.50. The van der Waals surface area contributed by atoms with Gasteiger partial charge in [0.2, 0.25) is 0 Å². The molecule has 0 spiro atoms. The summed E-state index contributed by atoms with van der Waals surface area (Å²) in [6, 6.07) is 19.9. The minimum atomic E-state index is -0.0494. The third-order valence-electron chi connectivity index (χ3n) is 5.09. The third kappa shape index (κ3) is 4.45. The van der Waals surface area contributed by atoms with E-state index in [2.05, 4.69) is 47.3 Å². The Hall–Kier alpha value is -3.21. The Balaban J connectivity index is 1.65. The number of benzene rings is 2. The standard InChI is InChI=1S/C24H26N4O/c1-17(2)15-25-22-14-21(26-23(27-22)19-9-4-3-5-10-19)24(29)28-13-12-18-8-6-7-11-20(18)16-28/h3-11,14,17H,12-13,15-16H2,1-2H3,(H,25,26,27). The molecule has 1 aliphatic heterocycles. The summed E-state index contributed by atoms with van der Waals surface area (Å²) in [6.07, 6.45) is 0.872. The molecular weight excluding hydrogens is 360 g/mol. The molecule has 1 amide bonds. The molecule has 3 aromatic rings. The number of nitrogens with zero attached hydrogens (tertiary/aromatic N) is 3. The van der Waals surface area contributed by atoms with E-state index in [1.807, 2.05) is 41.3 Å². The zero-order valence-electron chi connectivity index (χ0n) is 16.9. The molecule has 0 bridgehead atoms. The summed E-state index contributed by atoms with van der Waals surface area (Å²) in [5.74, 6) is 1.68. The van der Waals surface area contributed by atoms with Gasteiger partial charge in [0, 0.05) is 31.3 Å². The second-order valence-electron chi connectivity index (χ2n) is 7.85. The van der Waals surface area contributed by atoms with Gasteiger partial charge in [-0.1, -0.05) is 68.4 Å². The van der Waals surface area contributed by atoms with E-state index in [1.54, 1.807) is 6.07 Å². The van der Waals surface area contributed by atoms with Crippen molar-refractivity contribution in [2.75, 3.05) is 18.4 Å². The van der Waals surface area contributed by atoms with Gasteiger partial charge in [-0.3, -0.25) is 4.79 Å². The largest absolute Gasteiger partial charge is 0.370 e. The van der Waals surface area contributed by atoms with Crippen LogP contribution in [0.1, 0.15) is 35.5 Å². The number of carbonyl (C=O) groups is 1. The van der Waals surface area contributed by atoms with Crippen LogP contribution in [0.15, 0.2) is 60.7 Å². The highest BCUT2D eigenvalue weighted by molar-refractivity contribution is 5.93. The molecule has 5 nitrogen and oxygen atoms in total. The molecule has 0 saturated heterocycles. The monoisotopic (exact) mass is 386 g/mol. The number of nitrogens with one attached hydrogen (secondary N) is 1. The van der Waals surface area contributed by atoms with E-state index in [0.29, 0.717) is 36.3 Å². The lowest BCUT2D eigenvalue weighted by Gasteiger charge is -2.28. The molecule has 0 aliphatic carbocycles. The van der Waals surface area contributed by atoms with E-state index in [0.717, 1.165) is 18.5 Å². The number of carbonyl (C=O) groups excluding carboxylic acids is 1. The first-order valence-corrected chi connectivity index (χ1v) is 10.1. The van der Waals surface area contributed by atoms with Crippen molar-refractivity contribution in [2.45, 2.75) is 26.8 Å². The molecule has 1 aromatic heterocycles. The molecule has 29 heavy (non-hydrogen) atoms. The van der Waals surface area contributed by atoms with Crippen LogP contribution in [0.2, 0.25) is 0 Å². The van der Waals surface area contributed by atoms with Crippen LogP contribution >= 0.6 is 0 Å². The number of aromatic nitrogens is 2. The van der Waals surface area contributed by atoms with E-state index < -0.39 is 0 Å². The van der Waals surface area contributed by atoms with Gasteiger partial charge in [-0.05, 0) is 23.5 Å². The van der Waals surface area contributed by atoms with Crippen molar-refractivity contribution in [2.24, 2.45) is 5.92 Å². The Morgan fingerprint density at radius 3 is 2.52 bits per heavy atom. The predicted octanol–water partition coefficient (Wildman–Crippen LogP) is 4.41. The Bertz CT molecular complexity index is 1000. The zero-order chi connectivity index (χ0) is 20.2. The lowest BCUT2D eigenvalue weighted by Crippen LogP contribution is -2.36. The van der Waals surface area contributed by atoms with E-state index in [4.69, 9.17) is 0 Å². The maximum Gasteiger partial charge on any atom is 0.272 e. The van der Waals surface area contributed by atoms with Crippen LogP contribution in [-0.2, 0) is 13.0 Å². The quantitative estimate of drug-likeness (QED) is 0.706. The van der Waals surface area contributed by atoms with Crippen LogP contribution in [0.5, 0.6) is 0 Å². The lowest BCUT2D eigenvalue weighted by atomic mass is 10.00. The van der Waals surface area contributed by atoms with Crippen molar-refractivity contribution in [1.82, 2.24) is 14.9 Å². The first kappa shape index (κ1) is 19.1. The molecule has 5 heteroatoms. The van der Waals surface area contributed by atoms with Gasteiger partial charge >= 0.3 is 0 Å². The zero-order valence-corrected chi connectivity index (χ0v) is 16.9. The van der Waals surface area contributed by atoms with Gasteiger partial charge in [0.15, 0.2) is 5.82 Å². The van der Waals surface area contributed by atoms with E-state index in [-0.39, 0.29) is 5.91 Å². The average Bonchev–Trinajstić information content (AvgIpc) is 2.77. The number of anilines is 1. The summed E-state index contributed by atoms with van der Waals surface area (Å²) in [5, 5.41) is 3.35. The number of hydrogen-bond donors (Lipinski definition) is 1. The van der Waals surface area contributed by atoms with Crippen molar-refractivity contribution in [3.8, 4) is 11.4 Å². The minimum Gasteiger partial charge on any atom is -0.370 e. The topological polar surface area (TPSA) is 58.1 Å². The van der Waals surface area contributed by atoms with Crippen LogP contribution in [0.25, 0.3) is 11.4 Å². The van der Waals surface area contributed by atoms with Gasteiger partial charge in [0.25, 0.3) is 5.91 Å². The molecule has 1 N–H and O–H groups in total. The van der Waals surface area contributed by atoms with Gasteiger partial charge in [-0.2, -0.15) is 0 Å². The van der Waals surface area contributed by atoms with Crippen molar-refractivity contribution < 1.29 is 4.79 Å². The van der Waals surface area contributed by atoms with E-state index in [1.165, 1.54) is 11.1 Å². The number of fused-ring (bicyclic) bond motifs is 1. The van der Waals surface area contributed by atoms with Crippen LogP contribution in [0, 0.1) is 5.92 Å². The summed E-state index contributed by atoms with van der Waals surface area (Å²) >= 11 is 0. The molecule has 0 fully saturated rings. The van der Waals surface area contributed by atoms with Crippen LogP contribution < -0.4 is 5.32 Å². The molecule has 0 atom stereocenters. The fourth-order valence-corrected chi connectivity index (χ4v) is 3.50. The maximum absolute atomic E-state index is 13.3. The van der Waals surface area contributed by atoms with Gasteiger partial charge < -0.3 is 10.2 Å². The smallest absolute Gasteiger partial charge is 0.272 e. The summed E-state index contributed by atoms with van der Waals surface area (Å²) < 4.78 is 0. The summed E-state index contributed by atoms with van der Waals surface area (Å²) in [5.41, 5.74) is 3.87. The van der Waals surface area contributed by atoms with E-state index >= 15 is 0 Å². The summed E-state index contributed by atoms with van der Waals surface area (Å²) in [7, 11) is 0. The molecular formula is C24H26N4O. The van der Waals surface area contributed by atoms with Gasteiger partial charge in [0.1, 0.15) is 11.5 Å². The Labute approximate surface area is 171 Å².